The Balaban J connectivity index is 1.77. The molecule has 2 heterocycles. The zero-order valence-corrected chi connectivity index (χ0v) is 20.2. The van der Waals surface area contributed by atoms with Crippen LogP contribution in [0.15, 0.2) is 52.2 Å². The van der Waals surface area contributed by atoms with Crippen LogP contribution in [0.25, 0.3) is 0 Å². The normalized spacial score (nSPS) is 15.8. The summed E-state index contributed by atoms with van der Waals surface area (Å²) in [6.07, 6.45) is -1.64. The molecule has 1 atom stereocenters. The first-order valence-corrected chi connectivity index (χ1v) is 12.0. The average molecular weight is 506 g/mol. The first-order valence-electron chi connectivity index (χ1n) is 10.6. The summed E-state index contributed by atoms with van der Waals surface area (Å²) in [5, 5.41) is 8.84. The smallest absolute Gasteiger partial charge is 0.412 e. The fourth-order valence-corrected chi connectivity index (χ4v) is 4.96. The van der Waals surface area contributed by atoms with Crippen LogP contribution in [0.5, 0.6) is 5.75 Å². The van der Waals surface area contributed by atoms with Gasteiger partial charge in [0.2, 0.25) is 0 Å². The molecule has 2 N–H and O–H groups in total. The minimum absolute atomic E-state index is 0.139. The maximum absolute atomic E-state index is 13.6. The molecule has 1 aliphatic rings. The van der Waals surface area contributed by atoms with Crippen molar-refractivity contribution in [3.05, 3.63) is 64.6 Å². The Labute approximate surface area is 200 Å². The highest BCUT2D eigenvalue weighted by Gasteiger charge is 2.37. The van der Waals surface area contributed by atoms with E-state index in [0.717, 1.165) is 28.6 Å². The number of aromatic nitrogens is 3. The molecule has 11 nitrogen and oxygen atoms in total. The Morgan fingerprint density at radius 3 is 2.51 bits per heavy atom. The van der Waals surface area contributed by atoms with Crippen LogP contribution < -0.4 is 20.0 Å². The topological polar surface area (TPSA) is 136 Å². The molecule has 0 aliphatic carbocycles. The molecule has 13 heteroatoms. The van der Waals surface area contributed by atoms with Crippen molar-refractivity contribution in [1.29, 1.82) is 0 Å². The third-order valence-corrected chi connectivity index (χ3v) is 6.87. The molecule has 3 aromatic rings. The van der Waals surface area contributed by atoms with Crippen LogP contribution in [-0.2, 0) is 21.8 Å². The summed E-state index contributed by atoms with van der Waals surface area (Å²) in [7, 11) is -2.72. The fraction of sp³-hybridized carbons (Fsp3) is 0.318. The molecule has 0 spiro atoms. The summed E-state index contributed by atoms with van der Waals surface area (Å²) >= 11 is 0. The molecule has 35 heavy (non-hydrogen) atoms. The molecular formula is C22H24FN5O6S. The lowest BCUT2D eigenvalue weighted by atomic mass is 10.2. The molecule has 0 bridgehead atoms. The second kappa shape index (κ2) is 8.73. The number of carbonyl (C=O) groups is 1. The van der Waals surface area contributed by atoms with E-state index in [2.05, 4.69) is 15.5 Å². The van der Waals surface area contributed by atoms with E-state index in [0.29, 0.717) is 0 Å². The van der Waals surface area contributed by atoms with E-state index in [-0.39, 0.29) is 34.4 Å². The van der Waals surface area contributed by atoms with E-state index < -0.39 is 39.3 Å². The van der Waals surface area contributed by atoms with Crippen molar-refractivity contribution in [1.82, 2.24) is 14.8 Å². The van der Waals surface area contributed by atoms with Crippen molar-refractivity contribution < 1.29 is 27.1 Å². The number of hydrogen-bond acceptors (Lipinski definition) is 7. The highest BCUT2D eigenvalue weighted by molar-refractivity contribution is 7.92. The summed E-state index contributed by atoms with van der Waals surface area (Å²) in [5.41, 5.74) is -0.808. The van der Waals surface area contributed by atoms with Gasteiger partial charge in [0.1, 0.15) is 17.2 Å². The van der Waals surface area contributed by atoms with Crippen LogP contribution in [0.3, 0.4) is 0 Å². The third kappa shape index (κ3) is 4.99. The van der Waals surface area contributed by atoms with E-state index in [4.69, 9.17) is 9.47 Å². The molecule has 2 aromatic carbocycles. The minimum atomic E-state index is -4.20. The van der Waals surface area contributed by atoms with Gasteiger partial charge < -0.3 is 9.47 Å². The summed E-state index contributed by atoms with van der Waals surface area (Å²) in [4.78, 5) is 24.0. The highest BCUT2D eigenvalue weighted by atomic mass is 32.2. The van der Waals surface area contributed by atoms with Crippen molar-refractivity contribution in [3.8, 4) is 5.75 Å². The number of nitrogens with zero attached hydrogens (tertiary/aromatic N) is 3. The quantitative estimate of drug-likeness (QED) is 0.556. The number of amides is 1. The number of ether oxygens (including phenoxy) is 2. The molecule has 1 amide bonds. The maximum atomic E-state index is 13.6. The predicted molar refractivity (Wildman–Crippen MR) is 124 cm³/mol. The monoisotopic (exact) mass is 505 g/mol. The second-order valence-electron chi connectivity index (χ2n) is 8.85. The number of halogens is 1. The van der Waals surface area contributed by atoms with Crippen molar-refractivity contribution in [3.63, 3.8) is 0 Å². The van der Waals surface area contributed by atoms with Crippen LogP contribution in [-0.4, -0.2) is 41.4 Å². The Bertz CT molecular complexity index is 1430. The van der Waals surface area contributed by atoms with Crippen molar-refractivity contribution >= 4 is 27.5 Å². The first-order chi connectivity index (χ1) is 16.3. The molecule has 0 saturated carbocycles. The van der Waals surface area contributed by atoms with Gasteiger partial charge in [0.05, 0.1) is 17.1 Å². The number of H-pyrrole nitrogens is 1. The number of benzene rings is 2. The summed E-state index contributed by atoms with van der Waals surface area (Å²) in [5.74, 6) is -0.215. The van der Waals surface area contributed by atoms with Crippen LogP contribution in [0.2, 0.25) is 0 Å². The summed E-state index contributed by atoms with van der Waals surface area (Å²) in [6, 6.07) is 8.85. The average Bonchev–Trinajstić information content (AvgIpc) is 3.10. The number of aromatic amines is 1. The van der Waals surface area contributed by atoms with E-state index in [1.54, 1.807) is 20.8 Å². The van der Waals surface area contributed by atoms with Crippen LogP contribution in [0, 0.1) is 5.82 Å². The summed E-state index contributed by atoms with van der Waals surface area (Å²) < 4.78 is 54.2. The number of anilines is 2. The van der Waals surface area contributed by atoms with Crippen LogP contribution in [0.4, 0.5) is 20.6 Å². The number of carbonyl (C=O) groups excluding carboxylic acids is 1. The van der Waals surface area contributed by atoms with E-state index in [1.165, 1.54) is 29.8 Å². The number of fused-ring (bicyclic) bond motifs is 1. The van der Waals surface area contributed by atoms with Gasteiger partial charge in [-0.3, -0.25) is 14.2 Å². The molecule has 0 fully saturated rings. The minimum Gasteiger partial charge on any atom is -0.478 e. The Hall–Kier alpha value is -3.87. The molecule has 1 aromatic heterocycles. The van der Waals surface area contributed by atoms with Gasteiger partial charge in [-0.15, -0.1) is 0 Å². The fourth-order valence-electron chi connectivity index (χ4n) is 3.49. The first kappa shape index (κ1) is 24.3. The lowest BCUT2D eigenvalue weighted by molar-refractivity contribution is 0.0636. The van der Waals surface area contributed by atoms with Crippen molar-refractivity contribution in [2.24, 2.45) is 7.05 Å². The molecule has 0 radical (unpaired) electrons. The number of nitrogens with one attached hydrogen (secondary N) is 2. The number of hydrogen-bond donors (Lipinski definition) is 2. The van der Waals surface area contributed by atoms with Gasteiger partial charge in [-0.2, -0.15) is 5.10 Å². The van der Waals surface area contributed by atoms with Crippen molar-refractivity contribution in [2.45, 2.75) is 37.4 Å². The molecule has 0 unspecified atom stereocenters. The molecule has 1 aliphatic heterocycles. The highest BCUT2D eigenvalue weighted by Crippen LogP contribution is 2.42. The van der Waals surface area contributed by atoms with E-state index >= 15 is 0 Å². The van der Waals surface area contributed by atoms with Crippen LogP contribution in [0.1, 0.15) is 32.7 Å². The van der Waals surface area contributed by atoms with Gasteiger partial charge >= 0.3 is 11.8 Å². The van der Waals surface area contributed by atoms with Crippen molar-refractivity contribution in [2.75, 3.05) is 16.2 Å². The number of rotatable bonds is 4. The van der Waals surface area contributed by atoms with Gasteiger partial charge in [0.15, 0.2) is 11.9 Å². The predicted octanol–water partition coefficient (Wildman–Crippen LogP) is 2.92. The Morgan fingerprint density at radius 2 is 1.91 bits per heavy atom. The van der Waals surface area contributed by atoms with Gasteiger partial charge in [0, 0.05) is 12.7 Å². The van der Waals surface area contributed by atoms with E-state index in [9.17, 15) is 22.4 Å². The summed E-state index contributed by atoms with van der Waals surface area (Å²) in [6.45, 7) is 4.91. The lowest BCUT2D eigenvalue weighted by Crippen LogP contribution is -2.40. The van der Waals surface area contributed by atoms with Gasteiger partial charge in [-0.25, -0.2) is 27.5 Å². The molecule has 4 rings (SSSR count). The zero-order chi connectivity index (χ0) is 25.5. The molecule has 0 saturated heterocycles. The van der Waals surface area contributed by atoms with Gasteiger partial charge in [-0.05, 0) is 63.2 Å². The largest absolute Gasteiger partial charge is 0.478 e. The zero-order valence-electron chi connectivity index (χ0n) is 19.4. The van der Waals surface area contributed by atoms with Gasteiger partial charge in [-0.1, -0.05) is 0 Å². The van der Waals surface area contributed by atoms with Crippen LogP contribution >= 0.6 is 0 Å². The third-order valence-electron chi connectivity index (χ3n) is 5.08. The Kier molecular flexibility index (Phi) is 6.05. The molecular weight excluding hydrogens is 481 g/mol. The standard InChI is InChI=1S/C22H24FN5O6S/c1-22(2,3)34-21(30)24-14-7-10-17-16(11-14)28(35(31,32)15-8-5-13(23)6-9-15)12-18(33-17)19-25-26-20(29)27(19)4/h5-11,18H,12H2,1-4H3,(H,24,30)(H,26,29)/t18-/m1/s1. The van der Waals surface area contributed by atoms with Gasteiger partial charge in [0.25, 0.3) is 10.0 Å². The van der Waals surface area contributed by atoms with E-state index in [1.807, 2.05) is 0 Å². The molecule has 186 valence electrons. The maximum Gasteiger partial charge on any atom is 0.412 e. The second-order valence-corrected chi connectivity index (χ2v) is 10.7. The Morgan fingerprint density at radius 1 is 1.23 bits per heavy atom. The number of sulfonamides is 1. The lowest BCUT2D eigenvalue weighted by Gasteiger charge is -2.35. The SMILES string of the molecule is Cn1c([C@H]2CN(S(=O)(=O)c3ccc(F)cc3)c3cc(NC(=O)OC(C)(C)C)ccc3O2)n[nH]c1=O.